The maximum Gasteiger partial charge on any atom is 0.323 e. The zero-order chi connectivity index (χ0) is 25.6. The lowest BCUT2D eigenvalue weighted by Crippen LogP contribution is -2.50. The van der Waals surface area contributed by atoms with Gasteiger partial charge in [0.1, 0.15) is 18.0 Å². The molecular formula is C22H26N6O6S. The van der Waals surface area contributed by atoms with Crippen molar-refractivity contribution in [3.63, 3.8) is 0 Å². The Morgan fingerprint density at radius 2 is 1.86 bits per heavy atom. The van der Waals surface area contributed by atoms with Crippen LogP contribution in [0.4, 0.5) is 5.69 Å². The Bertz CT molecular complexity index is 1230. The molecule has 1 unspecified atom stereocenters. The number of carboxylic acids is 1. The topological polar surface area (TPSA) is 196 Å². The first-order valence-electron chi connectivity index (χ1n) is 10.6. The van der Waals surface area contributed by atoms with E-state index < -0.39 is 40.8 Å². The van der Waals surface area contributed by atoms with Crippen molar-refractivity contribution in [1.29, 1.82) is 5.41 Å². The van der Waals surface area contributed by atoms with Crippen LogP contribution >= 0.6 is 0 Å². The summed E-state index contributed by atoms with van der Waals surface area (Å²) in [5, 5.41) is 23.2. The summed E-state index contributed by atoms with van der Waals surface area (Å²) in [6, 6.07) is 11.8. The molecule has 2 atom stereocenters. The summed E-state index contributed by atoms with van der Waals surface area (Å²) >= 11 is 0. The normalized spacial score (nSPS) is 16.0. The van der Waals surface area contributed by atoms with E-state index in [2.05, 4.69) is 15.2 Å². The van der Waals surface area contributed by atoms with Gasteiger partial charge in [-0.2, -0.15) is 13.1 Å². The largest absolute Gasteiger partial charge is 0.480 e. The standard InChI is InChI=1S/C22H26N6O6S/c1-13-2-8-16(9-3-13)27-35(32,33)28-19(22(30)31)12-25-20(29)11-17-10-18(26-34-17)14-4-6-15(7-5-14)21(23)24/h2-9,17,19,27-28H,10-12H2,1H3,(H3,23,24)(H,25,29)(H,30,31)/t17?,19-/m0/s1. The van der Waals surface area contributed by atoms with Crippen LogP contribution in [0, 0.1) is 12.3 Å². The maximum absolute atomic E-state index is 12.3. The molecule has 0 bridgehead atoms. The van der Waals surface area contributed by atoms with Crippen LogP contribution in [0.1, 0.15) is 29.5 Å². The molecule has 0 saturated carbocycles. The number of benzene rings is 2. The molecule has 1 amide bonds. The minimum Gasteiger partial charge on any atom is -0.480 e. The van der Waals surface area contributed by atoms with E-state index in [9.17, 15) is 23.1 Å². The number of aryl methyl sites for hydroxylation is 1. The predicted octanol–water partition coefficient (Wildman–Crippen LogP) is 0.678. The molecule has 0 spiro atoms. The van der Waals surface area contributed by atoms with Gasteiger partial charge in [-0.3, -0.25) is 19.7 Å². The molecule has 0 aromatic heterocycles. The highest BCUT2D eigenvalue weighted by atomic mass is 32.2. The average molecular weight is 503 g/mol. The molecule has 3 rings (SSSR count). The van der Waals surface area contributed by atoms with Gasteiger partial charge in [0.05, 0.1) is 12.1 Å². The highest BCUT2D eigenvalue weighted by Crippen LogP contribution is 2.19. The molecule has 35 heavy (non-hydrogen) atoms. The summed E-state index contributed by atoms with van der Waals surface area (Å²) in [4.78, 5) is 29.1. The Balaban J connectivity index is 1.48. The fourth-order valence-corrected chi connectivity index (χ4v) is 4.28. The lowest BCUT2D eigenvalue weighted by atomic mass is 10.0. The Kier molecular flexibility index (Phi) is 8.04. The van der Waals surface area contributed by atoms with E-state index in [0.717, 1.165) is 11.1 Å². The summed E-state index contributed by atoms with van der Waals surface area (Å²) in [5.74, 6) is -2.02. The van der Waals surface area contributed by atoms with Gasteiger partial charge in [-0.1, -0.05) is 47.1 Å². The van der Waals surface area contributed by atoms with Crippen molar-refractivity contribution in [2.24, 2.45) is 10.9 Å². The molecule has 0 radical (unpaired) electrons. The number of nitrogens with one attached hydrogen (secondary N) is 4. The van der Waals surface area contributed by atoms with Crippen LogP contribution in [0.25, 0.3) is 0 Å². The lowest BCUT2D eigenvalue weighted by molar-refractivity contribution is -0.138. The van der Waals surface area contributed by atoms with E-state index in [-0.39, 0.29) is 17.9 Å². The van der Waals surface area contributed by atoms with Crippen LogP contribution in [-0.2, 0) is 24.6 Å². The quantitative estimate of drug-likeness (QED) is 0.192. The van der Waals surface area contributed by atoms with Gasteiger partial charge in [-0.25, -0.2) is 0 Å². The SMILES string of the molecule is Cc1ccc(NS(=O)(=O)N[C@@H](CNC(=O)CC2CC(c3ccc(C(=N)N)cc3)=NO2)C(=O)O)cc1. The third-order valence-electron chi connectivity index (χ3n) is 5.08. The zero-order valence-electron chi connectivity index (χ0n) is 18.8. The van der Waals surface area contributed by atoms with Crippen LogP contribution in [-0.4, -0.2) is 55.6 Å². The fraction of sp³-hybridized carbons (Fsp3) is 0.273. The van der Waals surface area contributed by atoms with Gasteiger partial charge >= 0.3 is 5.97 Å². The van der Waals surface area contributed by atoms with Crippen LogP contribution in [0.5, 0.6) is 0 Å². The Morgan fingerprint density at radius 3 is 2.46 bits per heavy atom. The third-order valence-corrected chi connectivity index (χ3v) is 6.18. The van der Waals surface area contributed by atoms with Crippen molar-refractivity contribution in [3.8, 4) is 0 Å². The Morgan fingerprint density at radius 1 is 1.20 bits per heavy atom. The molecule has 1 heterocycles. The smallest absolute Gasteiger partial charge is 0.323 e. The minimum absolute atomic E-state index is 0.0522. The summed E-state index contributed by atoms with van der Waals surface area (Å²) in [6.45, 7) is 1.38. The number of carboxylic acid groups (broad SMARTS) is 1. The molecule has 0 fully saturated rings. The zero-order valence-corrected chi connectivity index (χ0v) is 19.6. The van der Waals surface area contributed by atoms with Crippen LogP contribution in [0.3, 0.4) is 0 Å². The van der Waals surface area contributed by atoms with Crippen molar-refractivity contribution < 1.29 is 28.0 Å². The number of rotatable bonds is 11. The second-order valence-electron chi connectivity index (χ2n) is 7.95. The van der Waals surface area contributed by atoms with Gasteiger partial charge < -0.3 is 21.0 Å². The first-order valence-corrected chi connectivity index (χ1v) is 12.0. The monoisotopic (exact) mass is 502 g/mol. The van der Waals surface area contributed by atoms with Crippen LogP contribution in [0.15, 0.2) is 53.7 Å². The molecule has 12 nitrogen and oxygen atoms in total. The molecule has 13 heteroatoms. The number of aliphatic carboxylic acids is 1. The number of hydrogen-bond donors (Lipinski definition) is 6. The molecule has 1 aliphatic rings. The molecule has 186 valence electrons. The van der Waals surface area contributed by atoms with Crippen molar-refractivity contribution in [3.05, 3.63) is 65.2 Å². The molecule has 0 aliphatic carbocycles. The number of amides is 1. The Hall–Kier alpha value is -3.97. The van der Waals surface area contributed by atoms with Gasteiger partial charge in [0.25, 0.3) is 10.2 Å². The van der Waals surface area contributed by atoms with E-state index in [1.165, 1.54) is 0 Å². The summed E-state index contributed by atoms with van der Waals surface area (Å²) in [5.41, 5.74) is 8.59. The van der Waals surface area contributed by atoms with Crippen molar-refractivity contribution >= 4 is 39.3 Å². The predicted molar refractivity (Wildman–Crippen MR) is 129 cm³/mol. The van der Waals surface area contributed by atoms with Crippen LogP contribution in [0.2, 0.25) is 0 Å². The molecule has 2 aromatic carbocycles. The van der Waals surface area contributed by atoms with E-state index in [0.29, 0.717) is 17.7 Å². The van der Waals surface area contributed by atoms with Gasteiger partial charge in [0.2, 0.25) is 5.91 Å². The molecule has 0 saturated heterocycles. The number of nitrogen functional groups attached to an aromatic ring is 1. The van der Waals surface area contributed by atoms with Crippen molar-refractivity contribution in [1.82, 2.24) is 10.0 Å². The Labute approximate surface area is 202 Å². The average Bonchev–Trinajstić information content (AvgIpc) is 3.26. The van der Waals surface area contributed by atoms with E-state index >= 15 is 0 Å². The lowest BCUT2D eigenvalue weighted by Gasteiger charge is -2.17. The number of carbonyl (C=O) groups is 2. The minimum atomic E-state index is -4.20. The second kappa shape index (κ2) is 11.0. The first kappa shape index (κ1) is 25.6. The molecule has 2 aromatic rings. The van der Waals surface area contributed by atoms with Crippen LogP contribution < -0.4 is 20.5 Å². The summed E-state index contributed by atoms with van der Waals surface area (Å²) in [6.07, 6.45) is -0.303. The van der Waals surface area contributed by atoms with E-state index in [1.807, 2.05) is 11.6 Å². The highest BCUT2D eigenvalue weighted by Gasteiger charge is 2.27. The summed E-state index contributed by atoms with van der Waals surface area (Å²) < 4.78 is 28.9. The number of nitrogens with two attached hydrogens (primary N) is 1. The number of anilines is 1. The summed E-state index contributed by atoms with van der Waals surface area (Å²) in [7, 11) is -4.20. The van der Waals surface area contributed by atoms with Gasteiger partial charge in [0, 0.05) is 24.2 Å². The van der Waals surface area contributed by atoms with Crippen molar-refractivity contribution in [2.45, 2.75) is 31.9 Å². The van der Waals surface area contributed by atoms with Gasteiger partial charge in [0.15, 0.2) is 0 Å². The molecule has 1 aliphatic heterocycles. The van der Waals surface area contributed by atoms with Gasteiger partial charge in [-0.15, -0.1) is 0 Å². The second-order valence-corrected chi connectivity index (χ2v) is 9.40. The number of nitrogens with zero attached hydrogens (tertiary/aromatic N) is 1. The fourth-order valence-electron chi connectivity index (χ4n) is 3.22. The maximum atomic E-state index is 12.3. The van der Waals surface area contributed by atoms with Gasteiger partial charge in [-0.05, 0) is 24.6 Å². The van der Waals surface area contributed by atoms with E-state index in [4.69, 9.17) is 16.0 Å². The highest BCUT2D eigenvalue weighted by molar-refractivity contribution is 7.90. The van der Waals surface area contributed by atoms with Crippen molar-refractivity contribution in [2.75, 3.05) is 11.3 Å². The first-order chi connectivity index (χ1) is 16.5. The number of carbonyl (C=O) groups excluding carboxylic acids is 1. The number of amidine groups is 1. The number of oxime groups is 1. The number of hydrogen-bond acceptors (Lipinski definition) is 7. The molecule has 7 N–H and O–H groups in total. The van der Waals surface area contributed by atoms with E-state index in [1.54, 1.807) is 48.5 Å². The third kappa shape index (κ3) is 7.52. The molecular weight excluding hydrogens is 476 g/mol.